The van der Waals surface area contributed by atoms with Gasteiger partial charge in [0.25, 0.3) is 0 Å². The Morgan fingerprint density at radius 2 is 1.20 bits per heavy atom. The monoisotopic (exact) mass is 138 g/mol. The van der Waals surface area contributed by atoms with E-state index in [1.54, 1.807) is 26.0 Å². The zero-order valence-electron chi connectivity index (χ0n) is 6.13. The normalized spacial score (nSPS) is 13.0. The third-order valence-corrected chi connectivity index (χ3v) is 0.981. The fourth-order valence-corrected chi connectivity index (χ4v) is 0.341. The van der Waals surface area contributed by atoms with E-state index in [1.165, 1.54) is 0 Å². The second-order valence-corrected chi connectivity index (χ2v) is 2.06. The topological polar surface area (TPSA) is 34.1 Å². The molecule has 2 nitrogen and oxygen atoms in total. The first-order valence-electron chi connectivity index (χ1n) is 2.96. The van der Waals surface area contributed by atoms with Crippen molar-refractivity contribution in [2.24, 2.45) is 0 Å². The van der Waals surface area contributed by atoms with Gasteiger partial charge in [0.05, 0.1) is 0 Å². The zero-order valence-corrected chi connectivity index (χ0v) is 6.13. The second-order valence-electron chi connectivity index (χ2n) is 2.06. The summed E-state index contributed by atoms with van der Waals surface area (Å²) in [7, 11) is 0. The highest BCUT2D eigenvalue weighted by Crippen LogP contribution is 1.91. The molecule has 0 atom stereocenters. The summed E-state index contributed by atoms with van der Waals surface area (Å²) in [5, 5.41) is 0. The Hall–Kier alpha value is -1.18. The summed E-state index contributed by atoms with van der Waals surface area (Å²) in [6, 6.07) is 0. The van der Waals surface area contributed by atoms with Gasteiger partial charge in [-0.2, -0.15) is 0 Å². The largest absolute Gasteiger partial charge is 0.298 e. The Bertz CT molecular complexity index is 165. The molecule has 0 aromatic carbocycles. The smallest absolute Gasteiger partial charge is 0.145 e. The Morgan fingerprint density at radius 3 is 1.40 bits per heavy atom. The molecule has 0 aromatic rings. The van der Waals surface area contributed by atoms with Crippen molar-refractivity contribution >= 4 is 12.6 Å². The summed E-state index contributed by atoms with van der Waals surface area (Å²) in [5.74, 6) is 0. The number of hydrogen-bond donors (Lipinski definition) is 0. The van der Waals surface area contributed by atoms with Crippen molar-refractivity contribution in [3.8, 4) is 0 Å². The number of aldehydes is 2. The lowest BCUT2D eigenvalue weighted by molar-refractivity contribution is -0.105. The molecule has 54 valence electrons. The zero-order chi connectivity index (χ0) is 7.98. The van der Waals surface area contributed by atoms with Gasteiger partial charge in [0.1, 0.15) is 12.6 Å². The lowest BCUT2D eigenvalue weighted by Gasteiger charge is -1.83. The first-order chi connectivity index (χ1) is 4.70. The average molecular weight is 138 g/mol. The van der Waals surface area contributed by atoms with Crippen LogP contribution in [0.3, 0.4) is 0 Å². The fraction of sp³-hybridized carbons (Fsp3) is 0.250. The van der Waals surface area contributed by atoms with E-state index in [9.17, 15) is 9.59 Å². The predicted octanol–water partition coefficient (Wildman–Crippen LogP) is 1.28. The fourth-order valence-electron chi connectivity index (χ4n) is 0.341. The molecule has 0 bridgehead atoms. The minimum Gasteiger partial charge on any atom is -0.298 e. The summed E-state index contributed by atoms with van der Waals surface area (Å²) in [5.41, 5.74) is 1.22. The summed E-state index contributed by atoms with van der Waals surface area (Å²) >= 11 is 0. The SMILES string of the molecule is CC(C=O)=CC=C(C)C=O. The van der Waals surface area contributed by atoms with E-state index in [0.717, 1.165) is 12.6 Å². The minimum atomic E-state index is 0.612. The van der Waals surface area contributed by atoms with E-state index < -0.39 is 0 Å². The van der Waals surface area contributed by atoms with Crippen LogP contribution in [0.25, 0.3) is 0 Å². The minimum absolute atomic E-state index is 0.612. The van der Waals surface area contributed by atoms with E-state index in [0.29, 0.717) is 11.1 Å². The third kappa shape index (κ3) is 3.78. The van der Waals surface area contributed by atoms with Gasteiger partial charge < -0.3 is 0 Å². The molecule has 0 unspecified atom stereocenters. The molecule has 0 aromatic heterocycles. The molecule has 10 heavy (non-hydrogen) atoms. The van der Waals surface area contributed by atoms with Crippen LogP contribution in [0.15, 0.2) is 23.3 Å². The van der Waals surface area contributed by atoms with Crippen LogP contribution in [-0.2, 0) is 9.59 Å². The summed E-state index contributed by atoms with van der Waals surface area (Å²) in [4.78, 5) is 20.0. The maximum atomic E-state index is 10.0. The highest BCUT2D eigenvalue weighted by molar-refractivity contribution is 5.75. The van der Waals surface area contributed by atoms with Gasteiger partial charge in [-0.25, -0.2) is 0 Å². The number of allylic oxidation sites excluding steroid dienone is 4. The summed E-state index contributed by atoms with van der Waals surface area (Å²) in [6.45, 7) is 3.36. The van der Waals surface area contributed by atoms with Gasteiger partial charge in [0.15, 0.2) is 0 Å². The van der Waals surface area contributed by atoms with Crippen molar-refractivity contribution in [2.75, 3.05) is 0 Å². The molecule has 0 aliphatic heterocycles. The standard InChI is InChI=1S/C8H10O2/c1-7(5-9)3-4-8(2)6-10/h3-6H,1-2H3. The van der Waals surface area contributed by atoms with E-state index >= 15 is 0 Å². The van der Waals surface area contributed by atoms with Crippen LogP contribution < -0.4 is 0 Å². The van der Waals surface area contributed by atoms with Crippen molar-refractivity contribution in [1.29, 1.82) is 0 Å². The predicted molar refractivity (Wildman–Crippen MR) is 39.6 cm³/mol. The maximum Gasteiger partial charge on any atom is 0.145 e. The van der Waals surface area contributed by atoms with E-state index in [-0.39, 0.29) is 0 Å². The Kier molecular flexibility index (Phi) is 4.12. The molecule has 0 aliphatic rings. The summed E-state index contributed by atoms with van der Waals surface area (Å²) in [6.07, 6.45) is 4.70. The molecule has 0 saturated heterocycles. The molecule has 0 aliphatic carbocycles. The average Bonchev–Trinajstić information content (AvgIpc) is 1.99. The molecule has 2 heteroatoms. The van der Waals surface area contributed by atoms with Crippen LogP contribution in [-0.4, -0.2) is 12.6 Å². The van der Waals surface area contributed by atoms with Gasteiger partial charge >= 0.3 is 0 Å². The number of hydrogen-bond acceptors (Lipinski definition) is 2. The van der Waals surface area contributed by atoms with Crippen LogP contribution in [0.1, 0.15) is 13.8 Å². The molecule has 0 heterocycles. The second kappa shape index (κ2) is 4.68. The van der Waals surface area contributed by atoms with E-state index in [1.807, 2.05) is 0 Å². The molecule has 0 fully saturated rings. The highest BCUT2D eigenvalue weighted by Gasteiger charge is 1.81. The molecular formula is C8H10O2. The van der Waals surface area contributed by atoms with Gasteiger partial charge in [0, 0.05) is 0 Å². The third-order valence-electron chi connectivity index (χ3n) is 0.981. The number of rotatable bonds is 3. The van der Waals surface area contributed by atoms with Gasteiger partial charge in [-0.05, 0) is 25.0 Å². The molecule has 0 saturated carbocycles. The van der Waals surface area contributed by atoms with Crippen molar-refractivity contribution in [3.63, 3.8) is 0 Å². The number of carbonyl (C=O) groups is 2. The number of carbonyl (C=O) groups excluding carboxylic acids is 2. The molecule has 0 radical (unpaired) electrons. The van der Waals surface area contributed by atoms with Gasteiger partial charge in [-0.15, -0.1) is 0 Å². The van der Waals surface area contributed by atoms with Gasteiger partial charge in [-0.1, -0.05) is 12.2 Å². The summed E-state index contributed by atoms with van der Waals surface area (Å²) < 4.78 is 0. The van der Waals surface area contributed by atoms with Crippen molar-refractivity contribution in [2.45, 2.75) is 13.8 Å². The molecule has 0 spiro atoms. The van der Waals surface area contributed by atoms with Crippen LogP contribution in [0.4, 0.5) is 0 Å². The molecule has 0 N–H and O–H groups in total. The Labute approximate surface area is 60.2 Å². The van der Waals surface area contributed by atoms with Crippen LogP contribution in [0, 0.1) is 0 Å². The molecular weight excluding hydrogens is 128 g/mol. The van der Waals surface area contributed by atoms with Crippen LogP contribution >= 0.6 is 0 Å². The lowest BCUT2D eigenvalue weighted by Crippen LogP contribution is -1.76. The lowest BCUT2D eigenvalue weighted by atomic mass is 10.2. The van der Waals surface area contributed by atoms with Crippen molar-refractivity contribution < 1.29 is 9.59 Å². The van der Waals surface area contributed by atoms with Crippen LogP contribution in [0.2, 0.25) is 0 Å². The van der Waals surface area contributed by atoms with Gasteiger partial charge in [-0.3, -0.25) is 9.59 Å². The first-order valence-corrected chi connectivity index (χ1v) is 2.96. The maximum absolute atomic E-state index is 10.0. The Balaban J connectivity index is 4.16. The highest BCUT2D eigenvalue weighted by atomic mass is 16.1. The molecule has 0 rings (SSSR count). The van der Waals surface area contributed by atoms with Crippen molar-refractivity contribution in [3.05, 3.63) is 23.3 Å². The van der Waals surface area contributed by atoms with E-state index in [2.05, 4.69) is 0 Å². The van der Waals surface area contributed by atoms with E-state index in [4.69, 9.17) is 0 Å². The van der Waals surface area contributed by atoms with Crippen molar-refractivity contribution in [1.82, 2.24) is 0 Å². The molecule has 0 amide bonds. The quantitative estimate of drug-likeness (QED) is 0.334. The van der Waals surface area contributed by atoms with Crippen LogP contribution in [0.5, 0.6) is 0 Å². The first kappa shape index (κ1) is 8.82. The Morgan fingerprint density at radius 1 is 0.900 bits per heavy atom. The van der Waals surface area contributed by atoms with Gasteiger partial charge in [0.2, 0.25) is 0 Å².